The summed E-state index contributed by atoms with van der Waals surface area (Å²) in [6, 6.07) is 20.3. The molecule has 1 aliphatic rings. The van der Waals surface area contributed by atoms with Crippen molar-refractivity contribution >= 4 is 33.8 Å². The first-order valence-corrected chi connectivity index (χ1v) is 10.5. The van der Waals surface area contributed by atoms with Crippen LogP contribution in [-0.4, -0.2) is 18.4 Å². The lowest BCUT2D eigenvalue weighted by molar-refractivity contribution is -0.147. The second kappa shape index (κ2) is 9.18. The highest BCUT2D eigenvalue weighted by Crippen LogP contribution is 2.37. The smallest absolute Gasteiger partial charge is 0.344 e. The molecule has 0 aromatic heterocycles. The van der Waals surface area contributed by atoms with Gasteiger partial charge in [0, 0.05) is 10.5 Å². The van der Waals surface area contributed by atoms with Crippen molar-refractivity contribution in [1.82, 2.24) is 0 Å². The molecule has 0 saturated heterocycles. The third-order valence-corrected chi connectivity index (χ3v) is 5.18. The van der Waals surface area contributed by atoms with E-state index < -0.39 is 5.97 Å². The van der Waals surface area contributed by atoms with Crippen molar-refractivity contribution in [3.63, 3.8) is 0 Å². The fraction of sp³-hybridized carbons (Fsp3) is 0.120. The van der Waals surface area contributed by atoms with Gasteiger partial charge in [-0.15, -0.1) is 0 Å². The van der Waals surface area contributed by atoms with E-state index >= 15 is 0 Å². The molecule has 0 amide bonds. The molecule has 0 bridgehead atoms. The Morgan fingerprint density at radius 1 is 1.06 bits per heavy atom. The maximum absolute atomic E-state index is 12.8. The summed E-state index contributed by atoms with van der Waals surface area (Å²) in [6.45, 7) is 1.76. The summed E-state index contributed by atoms with van der Waals surface area (Å²) in [7, 11) is 0. The van der Waals surface area contributed by atoms with Crippen molar-refractivity contribution in [2.75, 3.05) is 6.61 Å². The lowest BCUT2D eigenvalue weighted by Gasteiger charge is -2.09. The summed E-state index contributed by atoms with van der Waals surface area (Å²) in [4.78, 5) is 24.8. The normalized spacial score (nSPS) is 13.6. The SMILES string of the molecule is Cc1cc(OCC(=O)OCc2ccccc2)cc2c1C(=O)/C(=C/c1cccc(Br)c1)O2. The average Bonchev–Trinajstić information content (AvgIpc) is 3.07. The number of allylic oxidation sites excluding steroid dienone is 1. The minimum absolute atomic E-state index is 0.179. The van der Waals surface area contributed by atoms with Gasteiger partial charge in [-0.3, -0.25) is 4.79 Å². The second-order valence-electron chi connectivity index (χ2n) is 7.04. The van der Waals surface area contributed by atoms with Gasteiger partial charge < -0.3 is 14.2 Å². The molecule has 0 saturated carbocycles. The van der Waals surface area contributed by atoms with E-state index in [0.717, 1.165) is 15.6 Å². The number of benzene rings is 3. The van der Waals surface area contributed by atoms with Gasteiger partial charge in [-0.25, -0.2) is 4.79 Å². The summed E-state index contributed by atoms with van der Waals surface area (Å²) in [5.74, 6) is 0.439. The standard InChI is InChI=1S/C25H19BrO5/c1-16-10-20(29-15-23(27)30-14-17-6-3-2-4-7-17)13-21-24(16)25(28)22(31-21)12-18-8-5-9-19(26)11-18/h2-13H,14-15H2,1H3/b22-12-. The minimum Gasteiger partial charge on any atom is -0.482 e. The number of hydrogen-bond acceptors (Lipinski definition) is 5. The number of halogens is 1. The summed E-state index contributed by atoms with van der Waals surface area (Å²) in [6.07, 6.45) is 1.70. The molecular formula is C25H19BrO5. The summed E-state index contributed by atoms with van der Waals surface area (Å²) < 4.78 is 17.5. The Morgan fingerprint density at radius 3 is 2.65 bits per heavy atom. The molecule has 0 aliphatic carbocycles. The molecule has 3 aromatic carbocycles. The van der Waals surface area contributed by atoms with E-state index in [1.807, 2.05) is 61.5 Å². The first-order valence-electron chi connectivity index (χ1n) is 9.66. The lowest BCUT2D eigenvalue weighted by atomic mass is 10.0. The Kier molecular flexibility index (Phi) is 6.18. The van der Waals surface area contributed by atoms with E-state index in [4.69, 9.17) is 14.2 Å². The lowest BCUT2D eigenvalue weighted by Crippen LogP contribution is -2.14. The second-order valence-corrected chi connectivity index (χ2v) is 7.96. The summed E-state index contributed by atoms with van der Waals surface area (Å²) in [5, 5.41) is 0. The Hall–Kier alpha value is -3.38. The van der Waals surface area contributed by atoms with Crippen LogP contribution in [0.2, 0.25) is 0 Å². The van der Waals surface area contributed by atoms with E-state index in [9.17, 15) is 9.59 Å². The van der Waals surface area contributed by atoms with E-state index in [1.54, 1.807) is 18.2 Å². The first-order chi connectivity index (χ1) is 15.0. The zero-order chi connectivity index (χ0) is 21.8. The zero-order valence-electron chi connectivity index (χ0n) is 16.8. The van der Waals surface area contributed by atoms with Gasteiger partial charge in [-0.05, 0) is 47.9 Å². The maximum atomic E-state index is 12.8. The number of Topliss-reactive ketones (excluding diaryl/α,β-unsaturated/α-hetero) is 1. The fourth-order valence-electron chi connectivity index (χ4n) is 3.23. The molecule has 0 unspecified atom stereocenters. The quantitative estimate of drug-likeness (QED) is 0.346. The largest absolute Gasteiger partial charge is 0.482 e. The molecule has 0 N–H and O–H groups in total. The third kappa shape index (κ3) is 5.03. The molecule has 0 radical (unpaired) electrons. The van der Waals surface area contributed by atoms with Gasteiger partial charge in [-0.2, -0.15) is 0 Å². The van der Waals surface area contributed by atoms with Crippen LogP contribution in [0, 0.1) is 6.92 Å². The van der Waals surface area contributed by atoms with E-state index in [2.05, 4.69) is 15.9 Å². The third-order valence-electron chi connectivity index (χ3n) is 4.69. The molecule has 5 nitrogen and oxygen atoms in total. The summed E-state index contributed by atoms with van der Waals surface area (Å²) >= 11 is 3.42. The average molecular weight is 479 g/mol. The van der Waals surface area contributed by atoms with Crippen LogP contribution in [0.5, 0.6) is 11.5 Å². The Bertz CT molecular complexity index is 1170. The molecule has 156 valence electrons. The van der Waals surface area contributed by atoms with Crippen LogP contribution in [0.4, 0.5) is 0 Å². The van der Waals surface area contributed by atoms with Crippen LogP contribution in [0.15, 0.2) is 77.0 Å². The van der Waals surface area contributed by atoms with Gasteiger partial charge in [0.1, 0.15) is 18.1 Å². The summed E-state index contributed by atoms with van der Waals surface area (Å²) in [5.41, 5.74) is 2.97. The van der Waals surface area contributed by atoms with Crippen molar-refractivity contribution in [3.05, 3.63) is 99.2 Å². The van der Waals surface area contributed by atoms with Crippen LogP contribution < -0.4 is 9.47 Å². The predicted molar refractivity (Wildman–Crippen MR) is 120 cm³/mol. The van der Waals surface area contributed by atoms with Crippen molar-refractivity contribution in [3.8, 4) is 11.5 Å². The van der Waals surface area contributed by atoms with Gasteiger partial charge in [-0.1, -0.05) is 58.4 Å². The Balaban J connectivity index is 1.42. The van der Waals surface area contributed by atoms with Gasteiger partial charge >= 0.3 is 5.97 Å². The van der Waals surface area contributed by atoms with Crippen molar-refractivity contribution in [1.29, 1.82) is 0 Å². The molecule has 3 aromatic rings. The number of ether oxygens (including phenoxy) is 3. The monoisotopic (exact) mass is 478 g/mol. The Morgan fingerprint density at radius 2 is 1.87 bits per heavy atom. The molecule has 31 heavy (non-hydrogen) atoms. The van der Waals surface area contributed by atoms with E-state index in [0.29, 0.717) is 22.6 Å². The maximum Gasteiger partial charge on any atom is 0.344 e. The van der Waals surface area contributed by atoms with Crippen molar-refractivity contribution < 1.29 is 23.8 Å². The van der Waals surface area contributed by atoms with Crippen LogP contribution in [-0.2, 0) is 16.1 Å². The van der Waals surface area contributed by atoms with Gasteiger partial charge in [0.25, 0.3) is 0 Å². The topological polar surface area (TPSA) is 61.8 Å². The van der Waals surface area contributed by atoms with Crippen molar-refractivity contribution in [2.45, 2.75) is 13.5 Å². The van der Waals surface area contributed by atoms with Gasteiger partial charge in [0.05, 0.1) is 5.56 Å². The number of carbonyl (C=O) groups is 2. The van der Waals surface area contributed by atoms with Crippen LogP contribution in [0.25, 0.3) is 6.08 Å². The highest BCUT2D eigenvalue weighted by Gasteiger charge is 2.30. The molecule has 0 fully saturated rings. The zero-order valence-corrected chi connectivity index (χ0v) is 18.3. The molecule has 4 rings (SSSR count). The highest BCUT2D eigenvalue weighted by molar-refractivity contribution is 9.10. The first kappa shape index (κ1) is 20.9. The molecule has 0 spiro atoms. The van der Waals surface area contributed by atoms with Gasteiger partial charge in [0.2, 0.25) is 5.78 Å². The van der Waals surface area contributed by atoms with Crippen LogP contribution in [0.3, 0.4) is 0 Å². The van der Waals surface area contributed by atoms with E-state index in [-0.39, 0.29) is 24.8 Å². The number of fused-ring (bicyclic) bond motifs is 1. The number of ketones is 1. The number of carbonyl (C=O) groups excluding carboxylic acids is 2. The Labute approximate surface area is 188 Å². The number of aryl methyl sites for hydroxylation is 1. The van der Waals surface area contributed by atoms with Crippen LogP contribution >= 0.6 is 15.9 Å². The number of rotatable bonds is 6. The number of esters is 1. The molecule has 1 heterocycles. The number of hydrogen-bond donors (Lipinski definition) is 0. The fourth-order valence-corrected chi connectivity index (χ4v) is 3.65. The molecule has 0 atom stereocenters. The minimum atomic E-state index is -0.478. The van der Waals surface area contributed by atoms with Crippen molar-refractivity contribution in [2.24, 2.45) is 0 Å². The molecule has 6 heteroatoms. The van der Waals surface area contributed by atoms with E-state index in [1.165, 1.54) is 0 Å². The van der Waals surface area contributed by atoms with Crippen LogP contribution in [0.1, 0.15) is 27.0 Å². The predicted octanol–water partition coefficient (Wildman–Crippen LogP) is 5.50. The molecular weight excluding hydrogens is 460 g/mol. The highest BCUT2D eigenvalue weighted by atomic mass is 79.9. The van der Waals surface area contributed by atoms with Gasteiger partial charge in [0.15, 0.2) is 12.4 Å². The molecule has 1 aliphatic heterocycles.